The molecule has 0 bridgehead atoms. The van der Waals surface area contributed by atoms with Gasteiger partial charge in [0.25, 0.3) is 5.91 Å². The molecule has 0 spiro atoms. The zero-order valence-electron chi connectivity index (χ0n) is 11.4. The van der Waals surface area contributed by atoms with Crippen molar-refractivity contribution >= 4 is 11.6 Å². The summed E-state index contributed by atoms with van der Waals surface area (Å²) in [5.41, 5.74) is 8.29. The Morgan fingerprint density at radius 3 is 2.50 bits per heavy atom. The number of rotatable bonds is 5. The highest BCUT2D eigenvalue weighted by Crippen LogP contribution is 2.16. The van der Waals surface area contributed by atoms with Crippen LogP contribution in [0.2, 0.25) is 0 Å². The predicted octanol–water partition coefficient (Wildman–Crippen LogP) is 2.47. The Balaban J connectivity index is 1.87. The summed E-state index contributed by atoms with van der Waals surface area (Å²) in [6.07, 6.45) is 0. The lowest BCUT2D eigenvalue weighted by Crippen LogP contribution is -2.20. The van der Waals surface area contributed by atoms with Gasteiger partial charge in [-0.2, -0.15) is 0 Å². The number of ether oxygens (including phenoxy) is 1. The molecular weight excluding hydrogens is 252 g/mol. The van der Waals surface area contributed by atoms with Gasteiger partial charge in [-0.15, -0.1) is 0 Å². The molecule has 2 aromatic rings. The van der Waals surface area contributed by atoms with Crippen LogP contribution in [0.4, 0.5) is 5.69 Å². The van der Waals surface area contributed by atoms with Gasteiger partial charge in [0, 0.05) is 12.2 Å². The van der Waals surface area contributed by atoms with E-state index < -0.39 is 0 Å². The van der Waals surface area contributed by atoms with E-state index in [1.807, 2.05) is 55.5 Å². The average Bonchev–Trinajstić information content (AvgIpc) is 2.47. The third kappa shape index (κ3) is 3.83. The van der Waals surface area contributed by atoms with Crippen molar-refractivity contribution in [2.75, 3.05) is 11.9 Å². The summed E-state index contributed by atoms with van der Waals surface area (Å²) in [5.74, 6) is 0.537. The quantitative estimate of drug-likeness (QED) is 0.877. The Morgan fingerprint density at radius 1 is 1.15 bits per heavy atom. The molecule has 2 aromatic carbocycles. The molecule has 0 aliphatic heterocycles. The maximum atomic E-state index is 11.8. The summed E-state index contributed by atoms with van der Waals surface area (Å²) < 4.78 is 5.48. The lowest BCUT2D eigenvalue weighted by atomic mass is 10.2. The van der Waals surface area contributed by atoms with Crippen molar-refractivity contribution in [1.82, 2.24) is 0 Å². The summed E-state index contributed by atoms with van der Waals surface area (Å²) in [6, 6.07) is 15.0. The normalized spacial score (nSPS) is 10.1. The number of anilines is 1. The van der Waals surface area contributed by atoms with Crippen molar-refractivity contribution in [2.45, 2.75) is 13.5 Å². The number of carbonyl (C=O) groups excluding carboxylic acids is 1. The highest BCUT2D eigenvalue weighted by Gasteiger charge is 2.05. The molecular formula is C16H18N2O2. The topological polar surface area (TPSA) is 64.3 Å². The van der Waals surface area contributed by atoms with Crippen LogP contribution in [0.15, 0.2) is 48.5 Å². The van der Waals surface area contributed by atoms with Crippen molar-refractivity contribution < 1.29 is 9.53 Å². The largest absolute Gasteiger partial charge is 0.483 e. The summed E-state index contributed by atoms with van der Waals surface area (Å²) in [6.45, 7) is 2.42. The Labute approximate surface area is 118 Å². The van der Waals surface area contributed by atoms with Crippen LogP contribution in [-0.2, 0) is 11.3 Å². The molecule has 0 unspecified atom stereocenters. The lowest BCUT2D eigenvalue weighted by Gasteiger charge is -2.09. The molecule has 3 N–H and O–H groups in total. The van der Waals surface area contributed by atoms with E-state index in [4.69, 9.17) is 10.5 Å². The molecule has 0 atom stereocenters. The maximum absolute atomic E-state index is 11.8. The number of nitrogens with one attached hydrogen (secondary N) is 1. The van der Waals surface area contributed by atoms with Gasteiger partial charge >= 0.3 is 0 Å². The van der Waals surface area contributed by atoms with Gasteiger partial charge in [0.05, 0.1) is 0 Å². The first-order valence-electron chi connectivity index (χ1n) is 6.46. The highest BCUT2D eigenvalue weighted by atomic mass is 16.5. The molecule has 4 nitrogen and oxygen atoms in total. The number of carbonyl (C=O) groups is 1. The Hall–Kier alpha value is -2.33. The van der Waals surface area contributed by atoms with E-state index in [1.54, 1.807) is 0 Å². The van der Waals surface area contributed by atoms with Crippen molar-refractivity contribution in [3.05, 3.63) is 59.7 Å². The number of benzene rings is 2. The molecule has 0 saturated carbocycles. The number of aryl methyl sites for hydroxylation is 1. The first-order valence-corrected chi connectivity index (χ1v) is 6.46. The molecule has 104 valence electrons. The average molecular weight is 270 g/mol. The van der Waals surface area contributed by atoms with E-state index in [1.165, 1.54) is 0 Å². The maximum Gasteiger partial charge on any atom is 0.262 e. The van der Waals surface area contributed by atoms with Gasteiger partial charge in [0.1, 0.15) is 5.75 Å². The second-order valence-corrected chi connectivity index (χ2v) is 4.50. The van der Waals surface area contributed by atoms with E-state index >= 15 is 0 Å². The predicted molar refractivity (Wildman–Crippen MR) is 79.6 cm³/mol. The lowest BCUT2D eigenvalue weighted by molar-refractivity contribution is -0.118. The molecule has 4 heteroatoms. The van der Waals surface area contributed by atoms with Crippen LogP contribution in [0.5, 0.6) is 5.75 Å². The molecule has 0 aromatic heterocycles. The van der Waals surface area contributed by atoms with Crippen LogP contribution in [0, 0.1) is 6.92 Å². The smallest absolute Gasteiger partial charge is 0.262 e. The van der Waals surface area contributed by atoms with E-state index in [-0.39, 0.29) is 12.5 Å². The van der Waals surface area contributed by atoms with Gasteiger partial charge in [-0.25, -0.2) is 0 Å². The second-order valence-electron chi connectivity index (χ2n) is 4.50. The van der Waals surface area contributed by atoms with Crippen molar-refractivity contribution in [1.29, 1.82) is 0 Å². The molecule has 20 heavy (non-hydrogen) atoms. The number of nitrogens with two attached hydrogens (primary N) is 1. The monoisotopic (exact) mass is 270 g/mol. The Kier molecular flexibility index (Phi) is 4.74. The zero-order chi connectivity index (χ0) is 14.4. The first-order chi connectivity index (χ1) is 9.69. The Morgan fingerprint density at radius 2 is 1.85 bits per heavy atom. The molecule has 1 amide bonds. The minimum absolute atomic E-state index is 0.0104. The summed E-state index contributed by atoms with van der Waals surface area (Å²) in [5, 5.41) is 2.78. The second kappa shape index (κ2) is 6.73. The fourth-order valence-electron chi connectivity index (χ4n) is 1.78. The third-order valence-electron chi connectivity index (χ3n) is 2.93. The number of hydrogen-bond donors (Lipinski definition) is 2. The zero-order valence-corrected chi connectivity index (χ0v) is 11.4. The number of amides is 1. The minimum atomic E-state index is -0.186. The molecule has 0 fully saturated rings. The molecule has 0 heterocycles. The molecule has 0 saturated heterocycles. The SMILES string of the molecule is Cc1ccccc1OCC(=O)Nc1ccc(CN)cc1. The summed E-state index contributed by atoms with van der Waals surface area (Å²) >= 11 is 0. The fraction of sp³-hybridized carbons (Fsp3) is 0.188. The highest BCUT2D eigenvalue weighted by molar-refractivity contribution is 5.91. The van der Waals surface area contributed by atoms with Gasteiger partial charge < -0.3 is 15.8 Å². The van der Waals surface area contributed by atoms with E-state index in [0.29, 0.717) is 6.54 Å². The van der Waals surface area contributed by atoms with Crippen LogP contribution >= 0.6 is 0 Å². The van der Waals surface area contributed by atoms with Gasteiger partial charge in [-0.05, 0) is 36.2 Å². The van der Waals surface area contributed by atoms with Crippen LogP contribution in [-0.4, -0.2) is 12.5 Å². The summed E-state index contributed by atoms with van der Waals surface area (Å²) in [7, 11) is 0. The Bertz CT molecular complexity index is 579. The first kappa shape index (κ1) is 14.1. The van der Waals surface area contributed by atoms with Gasteiger partial charge in [-0.1, -0.05) is 30.3 Å². The van der Waals surface area contributed by atoms with Gasteiger partial charge in [0.2, 0.25) is 0 Å². The number of hydrogen-bond acceptors (Lipinski definition) is 3. The molecule has 0 radical (unpaired) electrons. The van der Waals surface area contributed by atoms with Crippen LogP contribution < -0.4 is 15.8 Å². The molecule has 0 aliphatic rings. The van der Waals surface area contributed by atoms with Crippen molar-refractivity contribution in [3.8, 4) is 5.75 Å². The van der Waals surface area contributed by atoms with Crippen LogP contribution in [0.25, 0.3) is 0 Å². The van der Waals surface area contributed by atoms with Gasteiger partial charge in [0.15, 0.2) is 6.61 Å². The van der Waals surface area contributed by atoms with E-state index in [9.17, 15) is 4.79 Å². The van der Waals surface area contributed by atoms with Crippen LogP contribution in [0.3, 0.4) is 0 Å². The fourth-order valence-corrected chi connectivity index (χ4v) is 1.78. The van der Waals surface area contributed by atoms with Crippen LogP contribution in [0.1, 0.15) is 11.1 Å². The van der Waals surface area contributed by atoms with E-state index in [0.717, 1.165) is 22.6 Å². The third-order valence-corrected chi connectivity index (χ3v) is 2.93. The number of para-hydroxylation sites is 1. The standard InChI is InChI=1S/C16H18N2O2/c1-12-4-2-3-5-15(12)20-11-16(19)18-14-8-6-13(10-17)7-9-14/h2-9H,10-11,17H2,1H3,(H,18,19). The van der Waals surface area contributed by atoms with Gasteiger partial charge in [-0.3, -0.25) is 4.79 Å². The van der Waals surface area contributed by atoms with Crippen molar-refractivity contribution in [2.24, 2.45) is 5.73 Å². The van der Waals surface area contributed by atoms with Crippen molar-refractivity contribution in [3.63, 3.8) is 0 Å². The minimum Gasteiger partial charge on any atom is -0.483 e. The molecule has 0 aliphatic carbocycles. The van der Waals surface area contributed by atoms with E-state index in [2.05, 4.69) is 5.32 Å². The molecule has 2 rings (SSSR count). The summed E-state index contributed by atoms with van der Waals surface area (Å²) in [4.78, 5) is 11.8.